The van der Waals surface area contributed by atoms with Crippen LogP contribution >= 0.6 is 0 Å². The number of benzene rings is 2. The molecule has 112 valence electrons. The number of aromatic nitrogens is 3. The average molecular weight is 293 g/mol. The second-order valence-corrected chi connectivity index (χ2v) is 5.61. The van der Waals surface area contributed by atoms with Gasteiger partial charge in [-0.05, 0) is 38.5 Å². The zero-order chi connectivity index (χ0) is 15.7. The lowest BCUT2D eigenvalue weighted by Gasteiger charge is -2.11. The van der Waals surface area contributed by atoms with Crippen molar-refractivity contribution in [1.82, 2.24) is 15.0 Å². The molecule has 0 saturated carbocycles. The van der Waals surface area contributed by atoms with E-state index >= 15 is 0 Å². The molecular weight excluding hydrogens is 274 g/mol. The number of aliphatic hydroxyl groups excluding tert-OH is 1. The fourth-order valence-electron chi connectivity index (χ4n) is 2.71. The monoisotopic (exact) mass is 293 g/mol. The number of rotatable bonds is 3. The predicted octanol–water partition coefficient (Wildman–Crippen LogP) is 3.35. The maximum absolute atomic E-state index is 9.61. The van der Waals surface area contributed by atoms with Crippen LogP contribution in [0.25, 0.3) is 16.9 Å². The van der Waals surface area contributed by atoms with Crippen LogP contribution in [-0.2, 0) is 6.61 Å². The van der Waals surface area contributed by atoms with Crippen molar-refractivity contribution in [3.05, 3.63) is 64.8 Å². The molecular formula is C18H19N3O. The van der Waals surface area contributed by atoms with Crippen LogP contribution in [0.3, 0.4) is 0 Å². The van der Waals surface area contributed by atoms with Gasteiger partial charge >= 0.3 is 0 Å². The molecule has 0 unspecified atom stereocenters. The first kappa shape index (κ1) is 14.5. The van der Waals surface area contributed by atoms with E-state index in [0.29, 0.717) is 5.69 Å². The predicted molar refractivity (Wildman–Crippen MR) is 86.9 cm³/mol. The van der Waals surface area contributed by atoms with E-state index in [2.05, 4.69) is 42.4 Å². The number of aliphatic hydroxyl groups is 1. The van der Waals surface area contributed by atoms with E-state index in [4.69, 9.17) is 0 Å². The molecule has 1 heterocycles. The van der Waals surface area contributed by atoms with Gasteiger partial charge in [-0.3, -0.25) is 0 Å². The number of hydrogen-bond donors (Lipinski definition) is 1. The summed E-state index contributed by atoms with van der Waals surface area (Å²) >= 11 is 0. The zero-order valence-electron chi connectivity index (χ0n) is 13.0. The summed E-state index contributed by atoms with van der Waals surface area (Å²) in [6.07, 6.45) is 0. The molecule has 2 aromatic carbocycles. The minimum atomic E-state index is -0.131. The van der Waals surface area contributed by atoms with Gasteiger partial charge in [-0.1, -0.05) is 46.7 Å². The highest BCUT2D eigenvalue weighted by atomic mass is 16.3. The van der Waals surface area contributed by atoms with Crippen LogP contribution in [-0.4, -0.2) is 20.1 Å². The van der Waals surface area contributed by atoms with Gasteiger partial charge < -0.3 is 5.11 Å². The smallest absolute Gasteiger partial charge is 0.117 e. The van der Waals surface area contributed by atoms with Crippen molar-refractivity contribution in [1.29, 1.82) is 0 Å². The minimum Gasteiger partial charge on any atom is -0.390 e. The molecule has 0 fully saturated rings. The summed E-state index contributed by atoms with van der Waals surface area (Å²) in [5, 5.41) is 18.0. The van der Waals surface area contributed by atoms with Crippen LogP contribution in [0.15, 0.2) is 42.5 Å². The Bertz CT molecular complexity index is 821. The molecule has 0 radical (unpaired) electrons. The van der Waals surface area contributed by atoms with Gasteiger partial charge in [-0.15, -0.1) is 5.10 Å². The highest BCUT2D eigenvalue weighted by Gasteiger charge is 2.17. The lowest BCUT2D eigenvalue weighted by molar-refractivity contribution is 0.277. The number of nitrogens with zero attached hydrogens (tertiary/aromatic N) is 3. The summed E-state index contributed by atoms with van der Waals surface area (Å²) in [7, 11) is 0. The molecule has 0 aliphatic carbocycles. The Labute approximate surface area is 130 Å². The largest absolute Gasteiger partial charge is 0.390 e. The van der Waals surface area contributed by atoms with E-state index < -0.39 is 0 Å². The topological polar surface area (TPSA) is 50.9 Å². The quantitative estimate of drug-likeness (QED) is 0.805. The van der Waals surface area contributed by atoms with Gasteiger partial charge in [0.15, 0.2) is 0 Å². The van der Waals surface area contributed by atoms with Crippen molar-refractivity contribution in [3.8, 4) is 16.9 Å². The van der Waals surface area contributed by atoms with Crippen molar-refractivity contribution >= 4 is 0 Å². The Balaban J connectivity index is 2.23. The van der Waals surface area contributed by atoms with Gasteiger partial charge in [0.2, 0.25) is 0 Å². The minimum absolute atomic E-state index is 0.131. The van der Waals surface area contributed by atoms with E-state index in [9.17, 15) is 5.11 Å². The van der Waals surface area contributed by atoms with E-state index in [1.807, 2.05) is 35.9 Å². The molecule has 1 N–H and O–H groups in total. The van der Waals surface area contributed by atoms with Crippen LogP contribution in [0, 0.1) is 20.8 Å². The lowest BCUT2D eigenvalue weighted by Crippen LogP contribution is -2.03. The van der Waals surface area contributed by atoms with Crippen molar-refractivity contribution in [2.45, 2.75) is 27.4 Å². The second-order valence-electron chi connectivity index (χ2n) is 5.61. The standard InChI is InChI=1S/C18H19N3O/c1-12-5-4-6-15(10-12)18-16(11-22)19-20-21(18)17-8-7-13(2)9-14(17)3/h4-10,22H,11H2,1-3H3. The molecule has 0 atom stereocenters. The fraction of sp³-hybridized carbons (Fsp3) is 0.222. The molecule has 0 spiro atoms. The maximum atomic E-state index is 9.61. The summed E-state index contributed by atoms with van der Waals surface area (Å²) in [6.45, 7) is 6.04. The van der Waals surface area contributed by atoms with Crippen LogP contribution in [0.4, 0.5) is 0 Å². The molecule has 0 aliphatic rings. The van der Waals surface area contributed by atoms with E-state index in [1.165, 1.54) is 5.56 Å². The summed E-state index contributed by atoms with van der Waals surface area (Å²) in [4.78, 5) is 0. The summed E-state index contributed by atoms with van der Waals surface area (Å²) < 4.78 is 1.81. The third-order valence-electron chi connectivity index (χ3n) is 3.76. The molecule has 4 heteroatoms. The number of hydrogen-bond acceptors (Lipinski definition) is 3. The number of aryl methyl sites for hydroxylation is 3. The summed E-state index contributed by atoms with van der Waals surface area (Å²) in [5.41, 5.74) is 6.92. The van der Waals surface area contributed by atoms with Crippen molar-refractivity contribution < 1.29 is 5.11 Å². The average Bonchev–Trinajstić information content (AvgIpc) is 2.91. The Kier molecular flexibility index (Phi) is 3.77. The van der Waals surface area contributed by atoms with Gasteiger partial charge in [-0.2, -0.15) is 0 Å². The molecule has 4 nitrogen and oxygen atoms in total. The first-order valence-electron chi connectivity index (χ1n) is 7.30. The fourth-order valence-corrected chi connectivity index (χ4v) is 2.71. The third-order valence-corrected chi connectivity index (χ3v) is 3.76. The van der Waals surface area contributed by atoms with Crippen LogP contribution < -0.4 is 0 Å². The molecule has 22 heavy (non-hydrogen) atoms. The van der Waals surface area contributed by atoms with E-state index in [-0.39, 0.29) is 6.61 Å². The Morgan fingerprint density at radius 1 is 1.00 bits per heavy atom. The van der Waals surface area contributed by atoms with Crippen LogP contribution in [0.2, 0.25) is 0 Å². The zero-order valence-corrected chi connectivity index (χ0v) is 13.0. The SMILES string of the molecule is Cc1cccc(-c2c(CO)nnn2-c2ccc(C)cc2C)c1. The second kappa shape index (κ2) is 5.73. The lowest BCUT2D eigenvalue weighted by atomic mass is 10.1. The first-order chi connectivity index (χ1) is 10.6. The molecule has 0 aliphatic heterocycles. The van der Waals surface area contributed by atoms with Crippen LogP contribution in [0.5, 0.6) is 0 Å². The molecule has 0 amide bonds. The van der Waals surface area contributed by atoms with Crippen molar-refractivity contribution in [3.63, 3.8) is 0 Å². The Morgan fingerprint density at radius 2 is 1.77 bits per heavy atom. The Morgan fingerprint density at radius 3 is 2.45 bits per heavy atom. The molecule has 1 aromatic heterocycles. The van der Waals surface area contributed by atoms with Crippen LogP contribution in [0.1, 0.15) is 22.4 Å². The van der Waals surface area contributed by atoms with Crippen molar-refractivity contribution in [2.24, 2.45) is 0 Å². The normalized spacial score (nSPS) is 10.9. The first-order valence-corrected chi connectivity index (χ1v) is 7.30. The molecule has 0 bridgehead atoms. The van der Waals surface area contributed by atoms with E-state index in [1.54, 1.807) is 0 Å². The summed E-state index contributed by atoms with van der Waals surface area (Å²) in [5.74, 6) is 0. The Hall–Kier alpha value is -2.46. The van der Waals surface area contributed by atoms with Crippen molar-refractivity contribution in [2.75, 3.05) is 0 Å². The molecule has 3 rings (SSSR count). The molecule has 0 saturated heterocycles. The van der Waals surface area contributed by atoms with Gasteiger partial charge in [0.1, 0.15) is 11.4 Å². The maximum Gasteiger partial charge on any atom is 0.117 e. The van der Waals surface area contributed by atoms with Gasteiger partial charge in [0.05, 0.1) is 12.3 Å². The summed E-state index contributed by atoms with van der Waals surface area (Å²) in [6, 6.07) is 14.4. The van der Waals surface area contributed by atoms with E-state index in [0.717, 1.165) is 28.1 Å². The van der Waals surface area contributed by atoms with Gasteiger partial charge in [0.25, 0.3) is 0 Å². The van der Waals surface area contributed by atoms with Gasteiger partial charge in [0, 0.05) is 5.56 Å². The highest BCUT2D eigenvalue weighted by Crippen LogP contribution is 2.27. The van der Waals surface area contributed by atoms with Gasteiger partial charge in [-0.25, -0.2) is 4.68 Å². The third kappa shape index (κ3) is 2.53. The molecule has 3 aromatic rings. The highest BCUT2D eigenvalue weighted by molar-refractivity contribution is 5.65.